The lowest BCUT2D eigenvalue weighted by Gasteiger charge is -2.38. The molecule has 0 aliphatic carbocycles. The number of hydrogen-bond donors (Lipinski definition) is 5. The minimum atomic E-state index is -1.21. The van der Waals surface area contributed by atoms with E-state index in [2.05, 4.69) is 32.8 Å². The van der Waals surface area contributed by atoms with E-state index in [1.165, 1.54) is 12.3 Å². The molecule has 2 heterocycles. The molecule has 0 spiro atoms. The summed E-state index contributed by atoms with van der Waals surface area (Å²) in [4.78, 5) is 37.9. The van der Waals surface area contributed by atoms with Crippen LogP contribution in [0.25, 0.3) is 0 Å². The van der Waals surface area contributed by atoms with Gasteiger partial charge in [0.2, 0.25) is 0 Å². The lowest BCUT2D eigenvalue weighted by atomic mass is 9.97. The highest BCUT2D eigenvalue weighted by molar-refractivity contribution is 5.96. The van der Waals surface area contributed by atoms with Crippen LogP contribution in [0.1, 0.15) is 26.4 Å². The Hall–Kier alpha value is -4.10. The maximum Gasteiger partial charge on any atom is 0.322 e. The molecule has 0 unspecified atom stereocenters. The molecule has 1 saturated heterocycles. The first-order chi connectivity index (χ1) is 14.8. The van der Waals surface area contributed by atoms with Crippen LogP contribution in [0.4, 0.5) is 0 Å². The molecule has 1 aromatic carbocycles. The zero-order chi connectivity index (χ0) is 22.4. The number of benzene rings is 1. The minimum Gasteiger partial charge on any atom is -0.505 e. The molecule has 10 heteroatoms. The predicted molar refractivity (Wildman–Crippen MR) is 109 cm³/mol. The van der Waals surface area contributed by atoms with E-state index in [4.69, 9.17) is 9.84 Å². The quantitative estimate of drug-likeness (QED) is 0.398. The predicted octanol–water partition coefficient (Wildman–Crippen LogP) is -0.266. The number of carboxylic acids is 1. The van der Waals surface area contributed by atoms with E-state index < -0.39 is 29.8 Å². The van der Waals surface area contributed by atoms with Crippen LogP contribution in [0, 0.1) is 11.8 Å². The van der Waals surface area contributed by atoms with E-state index in [9.17, 15) is 19.5 Å². The number of carbonyl (C=O) groups excluding carboxylic acids is 2. The average molecular weight is 424 g/mol. The fourth-order valence-corrected chi connectivity index (χ4v) is 2.70. The molecule has 0 radical (unpaired) electrons. The number of pyridine rings is 1. The van der Waals surface area contributed by atoms with E-state index >= 15 is 0 Å². The molecule has 5 N–H and O–H groups in total. The molecule has 2 amide bonds. The van der Waals surface area contributed by atoms with Crippen LogP contribution in [-0.2, 0) is 4.79 Å². The van der Waals surface area contributed by atoms with Gasteiger partial charge in [-0.1, -0.05) is 5.92 Å². The molecule has 2 aromatic rings. The standard InChI is InChI=1S/C21H20N4O6/c1-22-19(29)14-2-4-15(5-3-14)31-21(11-23-12-21)7-6-13-8-16(26)18(24-9-13)20(30)25-10-17(27)28/h2-5,8-9,23,26H,10-12H2,1H3,(H,22,29)(H,25,30)(H,27,28). The van der Waals surface area contributed by atoms with Gasteiger partial charge in [0.1, 0.15) is 18.0 Å². The molecule has 0 saturated carbocycles. The van der Waals surface area contributed by atoms with E-state index in [0.717, 1.165) is 0 Å². The van der Waals surface area contributed by atoms with Crippen LogP contribution < -0.4 is 20.7 Å². The van der Waals surface area contributed by atoms with Gasteiger partial charge in [0.05, 0.1) is 0 Å². The van der Waals surface area contributed by atoms with Crippen molar-refractivity contribution in [3.63, 3.8) is 0 Å². The maximum absolute atomic E-state index is 11.9. The van der Waals surface area contributed by atoms with Crippen molar-refractivity contribution < 1.29 is 29.3 Å². The molecule has 31 heavy (non-hydrogen) atoms. The Morgan fingerprint density at radius 2 is 1.94 bits per heavy atom. The third-order valence-electron chi connectivity index (χ3n) is 4.40. The Bertz CT molecular complexity index is 1070. The second kappa shape index (κ2) is 9.15. The van der Waals surface area contributed by atoms with Crippen molar-refractivity contribution in [2.45, 2.75) is 5.60 Å². The molecule has 0 bridgehead atoms. The Labute approximate surface area is 177 Å². The molecule has 3 rings (SSSR count). The fourth-order valence-electron chi connectivity index (χ4n) is 2.70. The monoisotopic (exact) mass is 424 g/mol. The lowest BCUT2D eigenvalue weighted by Crippen LogP contribution is -2.62. The summed E-state index contributed by atoms with van der Waals surface area (Å²) in [7, 11) is 1.55. The molecule has 1 aromatic heterocycles. The summed E-state index contributed by atoms with van der Waals surface area (Å²) in [5, 5.41) is 26.4. The van der Waals surface area contributed by atoms with E-state index in [1.54, 1.807) is 31.3 Å². The van der Waals surface area contributed by atoms with Gasteiger partial charge in [0.15, 0.2) is 11.3 Å². The summed E-state index contributed by atoms with van der Waals surface area (Å²) in [5.74, 6) is 3.82. The Morgan fingerprint density at radius 1 is 1.23 bits per heavy atom. The number of amides is 2. The van der Waals surface area contributed by atoms with E-state index in [0.29, 0.717) is 30.0 Å². The molecular weight excluding hydrogens is 404 g/mol. The number of hydrogen-bond acceptors (Lipinski definition) is 7. The Kier molecular flexibility index (Phi) is 6.37. The second-order valence-corrected chi connectivity index (χ2v) is 6.72. The van der Waals surface area contributed by atoms with Gasteiger partial charge in [-0.15, -0.1) is 0 Å². The van der Waals surface area contributed by atoms with Gasteiger partial charge in [-0.25, -0.2) is 4.98 Å². The molecule has 0 atom stereocenters. The first-order valence-corrected chi connectivity index (χ1v) is 9.26. The van der Waals surface area contributed by atoms with E-state index in [-0.39, 0.29) is 11.6 Å². The van der Waals surface area contributed by atoms with E-state index in [1.807, 2.05) is 0 Å². The van der Waals surface area contributed by atoms with Gasteiger partial charge in [-0.05, 0) is 36.3 Å². The van der Waals surface area contributed by atoms with Crippen molar-refractivity contribution in [3.8, 4) is 23.3 Å². The van der Waals surface area contributed by atoms with Gasteiger partial charge in [0.25, 0.3) is 11.8 Å². The summed E-state index contributed by atoms with van der Waals surface area (Å²) >= 11 is 0. The maximum atomic E-state index is 11.9. The third kappa shape index (κ3) is 5.29. The van der Waals surface area contributed by atoms with Gasteiger partial charge < -0.3 is 30.9 Å². The van der Waals surface area contributed by atoms with Crippen molar-refractivity contribution in [1.82, 2.24) is 20.9 Å². The van der Waals surface area contributed by atoms with Gasteiger partial charge in [-0.3, -0.25) is 14.4 Å². The van der Waals surface area contributed by atoms with Crippen LogP contribution in [0.2, 0.25) is 0 Å². The highest BCUT2D eigenvalue weighted by Gasteiger charge is 2.37. The van der Waals surface area contributed by atoms with Crippen molar-refractivity contribution in [2.75, 3.05) is 26.7 Å². The second-order valence-electron chi connectivity index (χ2n) is 6.72. The number of aromatic hydroxyl groups is 1. The van der Waals surface area contributed by atoms with Crippen molar-refractivity contribution in [1.29, 1.82) is 0 Å². The van der Waals surface area contributed by atoms with Crippen molar-refractivity contribution >= 4 is 17.8 Å². The number of ether oxygens (including phenoxy) is 1. The summed E-state index contributed by atoms with van der Waals surface area (Å²) in [6.45, 7) is 0.372. The number of rotatable bonds is 6. The first kappa shape index (κ1) is 21.6. The third-order valence-corrected chi connectivity index (χ3v) is 4.40. The van der Waals surface area contributed by atoms with Crippen molar-refractivity contribution in [3.05, 3.63) is 53.3 Å². The largest absolute Gasteiger partial charge is 0.505 e. The lowest BCUT2D eigenvalue weighted by molar-refractivity contribution is -0.135. The van der Waals surface area contributed by atoms with Crippen LogP contribution >= 0.6 is 0 Å². The number of nitrogens with one attached hydrogen (secondary N) is 3. The summed E-state index contributed by atoms with van der Waals surface area (Å²) < 4.78 is 6.00. The topological polar surface area (TPSA) is 150 Å². The van der Waals surface area contributed by atoms with Crippen LogP contribution in [-0.4, -0.2) is 65.3 Å². The van der Waals surface area contributed by atoms with Crippen molar-refractivity contribution in [2.24, 2.45) is 0 Å². The Morgan fingerprint density at radius 3 is 2.48 bits per heavy atom. The van der Waals surface area contributed by atoms with Crippen LogP contribution in [0.3, 0.4) is 0 Å². The van der Waals surface area contributed by atoms with Crippen LogP contribution in [0.5, 0.6) is 11.5 Å². The molecule has 1 aliphatic heterocycles. The summed E-state index contributed by atoms with van der Waals surface area (Å²) in [5.41, 5.74) is -0.214. The summed E-state index contributed by atoms with van der Waals surface area (Å²) in [6, 6.07) is 7.94. The number of carbonyl (C=O) groups is 3. The van der Waals surface area contributed by atoms with Gasteiger partial charge in [0, 0.05) is 37.5 Å². The van der Waals surface area contributed by atoms with Crippen LogP contribution in [0.15, 0.2) is 36.5 Å². The zero-order valence-corrected chi connectivity index (χ0v) is 16.6. The highest BCUT2D eigenvalue weighted by Crippen LogP contribution is 2.23. The smallest absolute Gasteiger partial charge is 0.322 e. The first-order valence-electron chi connectivity index (χ1n) is 9.26. The number of aliphatic carboxylic acids is 1. The number of nitrogens with zero attached hydrogens (tertiary/aromatic N) is 1. The van der Waals surface area contributed by atoms with Gasteiger partial charge in [-0.2, -0.15) is 0 Å². The SMILES string of the molecule is CNC(=O)c1ccc(OC2(C#Cc3cnc(C(=O)NCC(=O)O)c(O)c3)CNC2)cc1. The molecule has 1 aliphatic rings. The molecule has 1 fully saturated rings. The average Bonchev–Trinajstić information content (AvgIpc) is 2.73. The number of carboxylic acid groups (broad SMARTS) is 1. The molecule has 10 nitrogen and oxygen atoms in total. The molecular formula is C21H20N4O6. The minimum absolute atomic E-state index is 0.196. The highest BCUT2D eigenvalue weighted by atomic mass is 16.5. The molecule has 160 valence electrons. The normalized spacial score (nSPS) is 13.7. The fraction of sp³-hybridized carbons (Fsp3) is 0.238. The Balaban J connectivity index is 1.72. The number of aromatic nitrogens is 1. The zero-order valence-electron chi connectivity index (χ0n) is 16.6. The van der Waals surface area contributed by atoms with Gasteiger partial charge >= 0.3 is 5.97 Å². The summed E-state index contributed by atoms with van der Waals surface area (Å²) in [6.07, 6.45) is 1.31.